The molecule has 0 saturated carbocycles. The van der Waals surface area contributed by atoms with Gasteiger partial charge in [-0.1, -0.05) is 77.2 Å². The lowest BCUT2D eigenvalue weighted by Gasteiger charge is -2.11. The van der Waals surface area contributed by atoms with Crippen LogP contribution in [0.5, 0.6) is 11.5 Å². The van der Waals surface area contributed by atoms with Crippen LogP contribution in [0.25, 0.3) is 0 Å². The molecule has 0 spiro atoms. The second-order valence-corrected chi connectivity index (χ2v) is 6.53. The van der Waals surface area contributed by atoms with Crippen LogP contribution in [-0.2, 0) is 4.74 Å². The van der Waals surface area contributed by atoms with Crippen molar-refractivity contribution in [1.29, 1.82) is 0 Å². The maximum atomic E-state index is 11.7. The molecule has 4 heteroatoms. The molecule has 0 aliphatic carbocycles. The van der Waals surface area contributed by atoms with E-state index < -0.39 is 5.97 Å². The van der Waals surface area contributed by atoms with Gasteiger partial charge in [-0.15, -0.1) is 0 Å². The molecule has 0 radical (unpaired) electrons. The van der Waals surface area contributed by atoms with E-state index in [1.165, 1.54) is 71.0 Å². The molecule has 1 N–H and O–H groups in total. The average molecular weight is 350 g/mol. The van der Waals surface area contributed by atoms with Gasteiger partial charge in [0.1, 0.15) is 17.1 Å². The zero-order valence-corrected chi connectivity index (χ0v) is 15.9. The Morgan fingerprint density at radius 3 is 2.04 bits per heavy atom. The number of esters is 1. The lowest BCUT2D eigenvalue weighted by atomic mass is 10.1. The van der Waals surface area contributed by atoms with E-state index in [0.29, 0.717) is 12.4 Å². The number of hydrogen-bond donors (Lipinski definition) is 1. The summed E-state index contributed by atoms with van der Waals surface area (Å²) in [6.45, 7) is 2.80. The van der Waals surface area contributed by atoms with Gasteiger partial charge < -0.3 is 14.6 Å². The molecule has 0 bridgehead atoms. The fourth-order valence-electron chi connectivity index (χ4n) is 2.90. The van der Waals surface area contributed by atoms with Crippen molar-refractivity contribution in [3.05, 3.63) is 23.8 Å². The molecule has 4 nitrogen and oxygen atoms in total. The number of unbranched alkanes of at least 4 members (excludes halogenated alkanes) is 10. The van der Waals surface area contributed by atoms with Crippen molar-refractivity contribution < 1.29 is 19.4 Å². The molecule has 142 valence electrons. The topological polar surface area (TPSA) is 55.8 Å². The molecule has 1 rings (SSSR count). The lowest BCUT2D eigenvalue weighted by Crippen LogP contribution is -2.07. The first-order valence-electron chi connectivity index (χ1n) is 9.73. The quantitative estimate of drug-likeness (QED) is 0.337. The minimum Gasteiger partial charge on any atom is -0.507 e. The van der Waals surface area contributed by atoms with E-state index in [1.807, 2.05) is 0 Å². The molecule has 0 unspecified atom stereocenters. The fourth-order valence-corrected chi connectivity index (χ4v) is 2.90. The molecule has 0 fully saturated rings. The SMILES string of the molecule is CCCCCCCCCCCCCOc1cccc(O)c1C(=O)OC. The molecule has 0 atom stereocenters. The van der Waals surface area contributed by atoms with Crippen LogP contribution in [0.2, 0.25) is 0 Å². The third kappa shape index (κ3) is 8.80. The van der Waals surface area contributed by atoms with Gasteiger partial charge in [0.25, 0.3) is 0 Å². The van der Waals surface area contributed by atoms with Gasteiger partial charge >= 0.3 is 5.97 Å². The highest BCUT2D eigenvalue weighted by molar-refractivity contribution is 5.95. The number of carbonyl (C=O) groups excluding carboxylic acids is 1. The number of methoxy groups -OCH3 is 1. The third-order valence-corrected chi connectivity index (χ3v) is 4.40. The molecule has 1 aromatic rings. The summed E-state index contributed by atoms with van der Waals surface area (Å²) in [6.07, 6.45) is 14.1. The Labute approximate surface area is 152 Å². The highest BCUT2D eigenvalue weighted by Crippen LogP contribution is 2.28. The minimum atomic E-state index is -0.577. The van der Waals surface area contributed by atoms with Gasteiger partial charge in [-0.25, -0.2) is 4.79 Å². The van der Waals surface area contributed by atoms with E-state index in [1.54, 1.807) is 12.1 Å². The molecule has 0 aliphatic heterocycles. The molecule has 0 aromatic heterocycles. The van der Waals surface area contributed by atoms with Crippen LogP contribution in [0.1, 0.15) is 87.9 Å². The smallest absolute Gasteiger partial charge is 0.345 e. The molecule has 0 heterocycles. The largest absolute Gasteiger partial charge is 0.507 e. The van der Waals surface area contributed by atoms with E-state index in [0.717, 1.165) is 12.8 Å². The van der Waals surface area contributed by atoms with Crippen LogP contribution in [0.3, 0.4) is 0 Å². The minimum absolute atomic E-state index is 0.105. The molecule has 25 heavy (non-hydrogen) atoms. The van der Waals surface area contributed by atoms with Crippen LogP contribution in [0, 0.1) is 0 Å². The van der Waals surface area contributed by atoms with Crippen molar-refractivity contribution in [2.45, 2.75) is 77.6 Å². The van der Waals surface area contributed by atoms with Crippen molar-refractivity contribution in [1.82, 2.24) is 0 Å². The van der Waals surface area contributed by atoms with Gasteiger partial charge in [-0.3, -0.25) is 0 Å². The summed E-state index contributed by atoms with van der Waals surface area (Å²) < 4.78 is 10.4. The first-order valence-corrected chi connectivity index (χ1v) is 9.73. The van der Waals surface area contributed by atoms with E-state index in [9.17, 15) is 9.90 Å². The van der Waals surface area contributed by atoms with Gasteiger partial charge in [0.05, 0.1) is 13.7 Å². The van der Waals surface area contributed by atoms with Crippen molar-refractivity contribution in [3.8, 4) is 11.5 Å². The average Bonchev–Trinajstić information content (AvgIpc) is 2.62. The van der Waals surface area contributed by atoms with Crippen molar-refractivity contribution in [2.24, 2.45) is 0 Å². The van der Waals surface area contributed by atoms with Crippen LogP contribution in [-0.4, -0.2) is 24.8 Å². The normalized spacial score (nSPS) is 10.6. The van der Waals surface area contributed by atoms with Gasteiger partial charge in [-0.2, -0.15) is 0 Å². The highest BCUT2D eigenvalue weighted by Gasteiger charge is 2.17. The summed E-state index contributed by atoms with van der Waals surface area (Å²) in [4.78, 5) is 11.7. The molecule has 0 amide bonds. The number of carbonyl (C=O) groups is 1. The first kappa shape index (κ1) is 21.3. The monoisotopic (exact) mass is 350 g/mol. The van der Waals surface area contributed by atoms with Gasteiger partial charge in [0, 0.05) is 0 Å². The number of benzene rings is 1. The zero-order valence-electron chi connectivity index (χ0n) is 15.9. The van der Waals surface area contributed by atoms with Gasteiger partial charge in [0.2, 0.25) is 0 Å². The van der Waals surface area contributed by atoms with E-state index >= 15 is 0 Å². The summed E-state index contributed by atoms with van der Waals surface area (Å²) in [6, 6.07) is 4.81. The number of ether oxygens (including phenoxy) is 2. The second kappa shape index (κ2) is 13.6. The summed E-state index contributed by atoms with van der Waals surface area (Å²) >= 11 is 0. The highest BCUT2D eigenvalue weighted by atomic mass is 16.5. The molecule has 0 aliphatic rings. The molecular formula is C21H34O4. The maximum absolute atomic E-state index is 11.7. The Bertz CT molecular complexity index is 485. The van der Waals surface area contributed by atoms with E-state index in [2.05, 4.69) is 6.92 Å². The Balaban J connectivity index is 2.11. The summed E-state index contributed by atoms with van der Waals surface area (Å²) in [5.41, 5.74) is 0.105. The van der Waals surface area contributed by atoms with Gasteiger partial charge in [0.15, 0.2) is 0 Å². The van der Waals surface area contributed by atoms with E-state index in [-0.39, 0.29) is 11.3 Å². The van der Waals surface area contributed by atoms with Crippen molar-refractivity contribution in [2.75, 3.05) is 13.7 Å². The van der Waals surface area contributed by atoms with Crippen molar-refractivity contribution in [3.63, 3.8) is 0 Å². The third-order valence-electron chi connectivity index (χ3n) is 4.40. The number of phenols is 1. The van der Waals surface area contributed by atoms with E-state index in [4.69, 9.17) is 9.47 Å². The van der Waals surface area contributed by atoms with Crippen LogP contribution in [0.15, 0.2) is 18.2 Å². The Hall–Kier alpha value is -1.71. The Morgan fingerprint density at radius 2 is 1.48 bits per heavy atom. The predicted octanol–water partition coefficient (Wildman–Crippen LogP) is 5.87. The standard InChI is InChI=1S/C21H34O4/c1-3-4-5-6-7-8-9-10-11-12-13-17-25-19-16-14-15-18(22)20(19)21(23)24-2/h14-16,22H,3-13,17H2,1-2H3. The predicted molar refractivity (Wildman–Crippen MR) is 101 cm³/mol. The summed E-state index contributed by atoms with van der Waals surface area (Å²) in [5.74, 6) is -0.297. The van der Waals surface area contributed by atoms with Crippen LogP contribution < -0.4 is 4.74 Å². The summed E-state index contributed by atoms with van der Waals surface area (Å²) in [7, 11) is 1.29. The number of rotatable bonds is 14. The number of hydrogen-bond acceptors (Lipinski definition) is 4. The Kier molecular flexibility index (Phi) is 11.6. The first-order chi connectivity index (χ1) is 12.2. The zero-order chi connectivity index (χ0) is 18.3. The molecule has 1 aromatic carbocycles. The van der Waals surface area contributed by atoms with Gasteiger partial charge in [-0.05, 0) is 18.6 Å². The number of aromatic hydroxyl groups is 1. The fraction of sp³-hybridized carbons (Fsp3) is 0.667. The van der Waals surface area contributed by atoms with Crippen molar-refractivity contribution >= 4 is 5.97 Å². The second-order valence-electron chi connectivity index (χ2n) is 6.53. The molecule has 0 saturated heterocycles. The maximum Gasteiger partial charge on any atom is 0.345 e. The van der Waals surface area contributed by atoms with Crippen LogP contribution in [0.4, 0.5) is 0 Å². The van der Waals surface area contributed by atoms with Crippen LogP contribution >= 0.6 is 0 Å². The number of phenolic OH excluding ortho intramolecular Hbond substituents is 1. The molecular weight excluding hydrogens is 316 g/mol. The lowest BCUT2D eigenvalue weighted by molar-refractivity contribution is 0.0592. The Morgan fingerprint density at radius 1 is 0.920 bits per heavy atom. The summed E-state index contributed by atoms with van der Waals surface area (Å²) in [5, 5.41) is 9.80.